The molecule has 1 saturated carbocycles. The third kappa shape index (κ3) is 3.76. The van der Waals surface area contributed by atoms with E-state index in [0.29, 0.717) is 10.7 Å². The summed E-state index contributed by atoms with van der Waals surface area (Å²) < 4.78 is 0. The minimum atomic E-state index is -0.499. The molecular formula is C17H18ClN3O2S. The highest BCUT2D eigenvalue weighted by Gasteiger charge is 2.29. The molecule has 0 unspecified atom stereocenters. The minimum Gasteiger partial charge on any atom is -0.368 e. The van der Waals surface area contributed by atoms with Crippen LogP contribution in [0.25, 0.3) is 10.6 Å². The predicted octanol–water partition coefficient (Wildman–Crippen LogP) is 3.33. The van der Waals surface area contributed by atoms with Crippen LogP contribution in [0.5, 0.6) is 0 Å². The van der Waals surface area contributed by atoms with E-state index in [1.54, 1.807) is 16.3 Å². The maximum atomic E-state index is 12.8. The monoisotopic (exact) mass is 363 g/mol. The van der Waals surface area contributed by atoms with E-state index < -0.39 is 5.91 Å². The molecule has 5 nitrogen and oxygen atoms in total. The van der Waals surface area contributed by atoms with Gasteiger partial charge < -0.3 is 10.6 Å². The van der Waals surface area contributed by atoms with Crippen molar-refractivity contribution in [3.8, 4) is 10.6 Å². The van der Waals surface area contributed by atoms with Gasteiger partial charge in [-0.05, 0) is 25.0 Å². The summed E-state index contributed by atoms with van der Waals surface area (Å²) in [6.45, 7) is -0.0620. The van der Waals surface area contributed by atoms with E-state index in [1.807, 2.05) is 18.2 Å². The summed E-state index contributed by atoms with van der Waals surface area (Å²) in [5.74, 6) is -0.731. The second kappa shape index (κ2) is 7.32. The molecule has 2 aromatic rings. The first kappa shape index (κ1) is 16.9. The molecule has 0 radical (unpaired) electrons. The molecule has 0 atom stereocenters. The molecule has 24 heavy (non-hydrogen) atoms. The Labute approximate surface area is 149 Å². The van der Waals surface area contributed by atoms with E-state index >= 15 is 0 Å². The zero-order valence-electron chi connectivity index (χ0n) is 13.1. The van der Waals surface area contributed by atoms with Gasteiger partial charge in [-0.2, -0.15) is 0 Å². The summed E-state index contributed by atoms with van der Waals surface area (Å²) in [5.41, 5.74) is 6.54. The van der Waals surface area contributed by atoms with Crippen LogP contribution in [0, 0.1) is 0 Å². The first-order chi connectivity index (χ1) is 11.5. The highest BCUT2D eigenvalue weighted by molar-refractivity contribution is 7.13. The number of nitrogens with two attached hydrogens (primary N) is 1. The van der Waals surface area contributed by atoms with Gasteiger partial charge in [-0.25, -0.2) is 4.98 Å². The van der Waals surface area contributed by atoms with Crippen LogP contribution in [-0.2, 0) is 4.79 Å². The molecule has 1 aliphatic carbocycles. The van der Waals surface area contributed by atoms with Gasteiger partial charge >= 0.3 is 0 Å². The van der Waals surface area contributed by atoms with Crippen LogP contribution >= 0.6 is 22.9 Å². The number of halogens is 1. The van der Waals surface area contributed by atoms with Crippen molar-refractivity contribution in [2.24, 2.45) is 5.73 Å². The van der Waals surface area contributed by atoms with Crippen LogP contribution < -0.4 is 5.73 Å². The third-order valence-electron chi connectivity index (χ3n) is 4.15. The number of rotatable bonds is 5. The summed E-state index contributed by atoms with van der Waals surface area (Å²) in [5, 5.41) is 3.07. The van der Waals surface area contributed by atoms with Crippen LogP contribution in [0.1, 0.15) is 36.2 Å². The maximum Gasteiger partial charge on any atom is 0.274 e. The van der Waals surface area contributed by atoms with Crippen LogP contribution in [0.15, 0.2) is 29.6 Å². The lowest BCUT2D eigenvalue weighted by molar-refractivity contribution is -0.119. The van der Waals surface area contributed by atoms with E-state index in [2.05, 4.69) is 4.98 Å². The summed E-state index contributed by atoms with van der Waals surface area (Å²) in [6.07, 6.45) is 3.95. The lowest BCUT2D eigenvalue weighted by atomic mass is 10.2. The van der Waals surface area contributed by atoms with Gasteiger partial charge in [0.2, 0.25) is 5.91 Å². The Morgan fingerprint density at radius 3 is 2.75 bits per heavy atom. The smallest absolute Gasteiger partial charge is 0.274 e. The summed E-state index contributed by atoms with van der Waals surface area (Å²) in [7, 11) is 0. The van der Waals surface area contributed by atoms with E-state index in [0.717, 1.165) is 36.3 Å². The van der Waals surface area contributed by atoms with Crippen LogP contribution in [0.4, 0.5) is 0 Å². The number of amides is 2. The highest BCUT2D eigenvalue weighted by Crippen LogP contribution is 2.28. The van der Waals surface area contributed by atoms with Gasteiger partial charge in [-0.1, -0.05) is 36.6 Å². The number of hydrogen-bond donors (Lipinski definition) is 1. The van der Waals surface area contributed by atoms with Gasteiger partial charge in [0.25, 0.3) is 5.91 Å². The first-order valence-electron chi connectivity index (χ1n) is 7.85. The lowest BCUT2D eigenvalue weighted by Crippen LogP contribution is -2.44. The lowest BCUT2D eigenvalue weighted by Gasteiger charge is -2.27. The standard InChI is InChI=1S/C17H18ClN3O2S/c18-12-5-3-4-11(8-12)16-20-14(10-24-16)17(23)21(9-15(19)22)13-6-1-2-7-13/h3-5,8,10,13H,1-2,6-7,9H2,(H2,19,22). The van der Waals surface area contributed by atoms with Gasteiger partial charge in [0.15, 0.2) is 0 Å². The van der Waals surface area contributed by atoms with E-state index in [4.69, 9.17) is 17.3 Å². The molecule has 2 amide bonds. The van der Waals surface area contributed by atoms with Crippen molar-refractivity contribution in [2.75, 3.05) is 6.54 Å². The fourth-order valence-electron chi connectivity index (χ4n) is 3.02. The van der Waals surface area contributed by atoms with Crippen LogP contribution in [-0.4, -0.2) is 34.3 Å². The minimum absolute atomic E-state index is 0.0620. The second-order valence-corrected chi connectivity index (χ2v) is 7.18. The van der Waals surface area contributed by atoms with E-state index in [1.165, 1.54) is 11.3 Å². The number of thiazole rings is 1. The third-order valence-corrected chi connectivity index (χ3v) is 5.27. The summed E-state index contributed by atoms with van der Waals surface area (Å²) >= 11 is 7.39. The normalized spacial score (nSPS) is 14.7. The molecule has 0 aliphatic heterocycles. The Kier molecular flexibility index (Phi) is 5.16. The van der Waals surface area contributed by atoms with Gasteiger partial charge in [-0.15, -0.1) is 11.3 Å². The van der Waals surface area contributed by atoms with Gasteiger partial charge in [0.1, 0.15) is 10.7 Å². The molecular weight excluding hydrogens is 346 g/mol. The highest BCUT2D eigenvalue weighted by atomic mass is 35.5. The molecule has 2 N–H and O–H groups in total. The Balaban J connectivity index is 1.84. The van der Waals surface area contributed by atoms with Crippen LogP contribution in [0.2, 0.25) is 5.02 Å². The average molecular weight is 364 g/mol. The molecule has 0 bridgehead atoms. The summed E-state index contributed by atoms with van der Waals surface area (Å²) in [6, 6.07) is 7.42. The fraction of sp³-hybridized carbons (Fsp3) is 0.353. The fourth-order valence-corrected chi connectivity index (χ4v) is 4.00. The van der Waals surface area contributed by atoms with Crippen molar-refractivity contribution in [2.45, 2.75) is 31.7 Å². The van der Waals surface area contributed by atoms with Gasteiger partial charge in [0, 0.05) is 22.0 Å². The number of carbonyl (C=O) groups excluding carboxylic acids is 2. The van der Waals surface area contributed by atoms with Gasteiger partial charge in [-0.3, -0.25) is 9.59 Å². The summed E-state index contributed by atoms with van der Waals surface area (Å²) in [4.78, 5) is 30.2. The van der Waals surface area contributed by atoms with Gasteiger partial charge in [0.05, 0.1) is 6.54 Å². The van der Waals surface area contributed by atoms with Crippen molar-refractivity contribution in [1.82, 2.24) is 9.88 Å². The molecule has 126 valence electrons. The molecule has 0 spiro atoms. The van der Waals surface area contributed by atoms with Crippen molar-refractivity contribution >= 4 is 34.8 Å². The molecule has 1 fully saturated rings. The average Bonchev–Trinajstić information content (AvgIpc) is 3.23. The Hall–Kier alpha value is -1.92. The SMILES string of the molecule is NC(=O)CN(C(=O)c1csc(-c2cccc(Cl)c2)n1)C1CCCC1. The molecule has 1 aliphatic rings. The zero-order chi connectivity index (χ0) is 17.1. The molecule has 1 aromatic heterocycles. The second-order valence-electron chi connectivity index (χ2n) is 5.89. The molecule has 0 saturated heterocycles. The van der Waals surface area contributed by atoms with Crippen molar-refractivity contribution in [3.63, 3.8) is 0 Å². The molecule has 3 rings (SSSR count). The topological polar surface area (TPSA) is 76.3 Å². The maximum absolute atomic E-state index is 12.8. The van der Waals surface area contributed by atoms with Crippen molar-refractivity contribution in [3.05, 3.63) is 40.4 Å². The number of hydrogen-bond acceptors (Lipinski definition) is 4. The Morgan fingerprint density at radius 1 is 1.33 bits per heavy atom. The van der Waals surface area contributed by atoms with Crippen LogP contribution in [0.3, 0.4) is 0 Å². The Morgan fingerprint density at radius 2 is 2.08 bits per heavy atom. The van der Waals surface area contributed by atoms with E-state index in [9.17, 15) is 9.59 Å². The molecule has 7 heteroatoms. The largest absolute Gasteiger partial charge is 0.368 e. The number of nitrogens with zero attached hydrogens (tertiary/aromatic N) is 2. The Bertz CT molecular complexity index is 756. The number of benzene rings is 1. The van der Waals surface area contributed by atoms with Crippen molar-refractivity contribution in [1.29, 1.82) is 0 Å². The first-order valence-corrected chi connectivity index (χ1v) is 9.11. The number of carbonyl (C=O) groups is 2. The predicted molar refractivity (Wildman–Crippen MR) is 95.0 cm³/mol. The molecule has 1 heterocycles. The van der Waals surface area contributed by atoms with Crippen molar-refractivity contribution < 1.29 is 9.59 Å². The number of aromatic nitrogens is 1. The number of primary amides is 1. The molecule has 1 aromatic carbocycles. The zero-order valence-corrected chi connectivity index (χ0v) is 14.6. The quantitative estimate of drug-likeness (QED) is 0.885. The van der Waals surface area contributed by atoms with E-state index in [-0.39, 0.29) is 18.5 Å².